The molecule has 66 heavy (non-hydrogen) atoms. The number of carbonyl (C=O) groups excluding carboxylic acids is 5. The summed E-state index contributed by atoms with van der Waals surface area (Å²) in [5.74, 6) is -1.23. The zero-order chi connectivity index (χ0) is 45.3. The van der Waals surface area contributed by atoms with E-state index in [0.717, 1.165) is 107 Å². The Morgan fingerprint density at radius 3 is 2.41 bits per heavy atom. The van der Waals surface area contributed by atoms with E-state index in [4.69, 9.17) is 0 Å². The fourth-order valence-corrected chi connectivity index (χ4v) is 10.7. The second-order valence-corrected chi connectivity index (χ2v) is 18.8. The van der Waals surface area contributed by atoms with E-state index in [2.05, 4.69) is 47.9 Å². The second kappa shape index (κ2) is 18.8. The number of imidazole rings is 1. The molecular weight excluding hydrogens is 860 g/mol. The van der Waals surface area contributed by atoms with Crippen LogP contribution in [-0.4, -0.2) is 111 Å². The number of likely N-dealkylation sites (tertiary alicyclic amines) is 1. The number of amides is 5. The number of thiazole rings is 1. The number of hydrogen-bond donors (Lipinski definition) is 3. The molecule has 3 saturated heterocycles. The molecule has 5 aliphatic heterocycles. The highest BCUT2D eigenvalue weighted by atomic mass is 32.1. The van der Waals surface area contributed by atoms with Crippen LogP contribution >= 0.6 is 11.3 Å². The number of imide groups is 1. The number of aryl methyl sites for hydroxylation is 1. The Morgan fingerprint density at radius 1 is 0.879 bits per heavy atom. The molecule has 3 fully saturated rings. The van der Waals surface area contributed by atoms with Crippen LogP contribution in [0.4, 0.5) is 20.9 Å². The van der Waals surface area contributed by atoms with Crippen LogP contribution in [0.15, 0.2) is 78.6 Å². The number of piperazine rings is 1. The van der Waals surface area contributed by atoms with Crippen molar-refractivity contribution in [1.29, 1.82) is 0 Å². The topological polar surface area (TPSA) is 165 Å². The Hall–Kier alpha value is -6.46. The van der Waals surface area contributed by atoms with Crippen molar-refractivity contribution in [2.45, 2.75) is 82.5 Å². The van der Waals surface area contributed by atoms with Gasteiger partial charge in [0.15, 0.2) is 11.2 Å². The van der Waals surface area contributed by atoms with E-state index >= 15 is 4.39 Å². The maximum absolute atomic E-state index is 15.9. The summed E-state index contributed by atoms with van der Waals surface area (Å²) in [5.41, 5.74) is 6.51. The average Bonchev–Trinajstić information content (AvgIpc) is 4.16. The van der Waals surface area contributed by atoms with Gasteiger partial charge >= 0.3 is 0 Å². The average molecular weight is 913 g/mol. The normalized spacial score (nSPS) is 19.4. The summed E-state index contributed by atoms with van der Waals surface area (Å²) in [7, 11) is 0. The summed E-state index contributed by atoms with van der Waals surface area (Å²) < 4.78 is 18.0. The van der Waals surface area contributed by atoms with E-state index in [-0.39, 0.29) is 35.4 Å². The predicted molar refractivity (Wildman–Crippen MR) is 248 cm³/mol. The lowest BCUT2D eigenvalue weighted by Crippen LogP contribution is -2.47. The van der Waals surface area contributed by atoms with Crippen molar-refractivity contribution in [3.63, 3.8) is 0 Å². The summed E-state index contributed by atoms with van der Waals surface area (Å²) in [6, 6.07) is 18.0. The van der Waals surface area contributed by atoms with Crippen molar-refractivity contribution in [2.75, 3.05) is 61.3 Å². The van der Waals surface area contributed by atoms with Crippen molar-refractivity contribution in [3.8, 4) is 11.1 Å². The van der Waals surface area contributed by atoms with Crippen LogP contribution in [0.25, 0.3) is 11.1 Å². The van der Waals surface area contributed by atoms with Crippen molar-refractivity contribution in [3.05, 3.63) is 112 Å². The highest BCUT2D eigenvalue weighted by Gasteiger charge is 2.42. The number of fused-ring (bicyclic) bond motifs is 2. The van der Waals surface area contributed by atoms with Crippen molar-refractivity contribution in [2.24, 2.45) is 0 Å². The number of aromatic nitrogens is 3. The molecule has 5 aliphatic rings. The Kier molecular flexibility index (Phi) is 12.4. The van der Waals surface area contributed by atoms with Gasteiger partial charge in [-0.15, -0.1) is 11.3 Å². The van der Waals surface area contributed by atoms with Gasteiger partial charge in [0.25, 0.3) is 11.8 Å². The van der Waals surface area contributed by atoms with E-state index < -0.39 is 29.7 Å². The van der Waals surface area contributed by atoms with Crippen molar-refractivity contribution >= 4 is 57.4 Å². The lowest BCUT2D eigenvalue weighted by atomic mass is 9.89. The molecule has 17 heteroatoms. The van der Waals surface area contributed by atoms with Gasteiger partial charge in [-0.25, -0.2) is 14.4 Å². The van der Waals surface area contributed by atoms with Gasteiger partial charge in [-0.05, 0) is 104 Å². The number of hydrogen-bond acceptors (Lipinski definition) is 11. The van der Waals surface area contributed by atoms with E-state index in [1.165, 1.54) is 27.9 Å². The van der Waals surface area contributed by atoms with Crippen LogP contribution in [0.3, 0.4) is 0 Å². The second-order valence-electron chi connectivity index (χ2n) is 17.9. The SMILES string of the molecule is O=C1CC[C@@H](Nc2ccc(C3CCN(C(=O)CCCN4CCN(c5ccc(-c6cc(F)c7c(c6)C(=O)N([C@@H](C(=O)Nc6nccs6)c6ncn8c6CCC8)C7)cc5)CC4)CC3)cc2)C(=O)N1. The first-order chi connectivity index (χ1) is 32.1. The van der Waals surface area contributed by atoms with Crippen LogP contribution in [0, 0.1) is 5.82 Å². The van der Waals surface area contributed by atoms with Gasteiger partial charge in [0.2, 0.25) is 17.7 Å². The Balaban J connectivity index is 0.686. The third-order valence-electron chi connectivity index (χ3n) is 13.9. The molecule has 3 N–H and O–H groups in total. The zero-order valence-corrected chi connectivity index (χ0v) is 37.5. The number of benzene rings is 3. The zero-order valence-electron chi connectivity index (χ0n) is 36.7. The molecule has 0 radical (unpaired) electrons. The van der Waals surface area contributed by atoms with E-state index in [1.807, 2.05) is 45.9 Å². The Bertz CT molecular complexity index is 2620. The minimum atomic E-state index is -1.04. The lowest BCUT2D eigenvalue weighted by Gasteiger charge is -2.36. The fraction of sp³-hybridized carbons (Fsp3) is 0.408. The first-order valence-electron chi connectivity index (χ1n) is 23.1. The number of carbonyl (C=O) groups is 5. The van der Waals surface area contributed by atoms with E-state index in [9.17, 15) is 24.0 Å². The standard InChI is InChI=1S/C49H53FN10O5S/c50-39-28-34(27-37-38(39)29-60(48(37)65)45(47(64)55-49-51-17-26-66-49)44-41-3-1-19-59(41)30-52-44)32-7-11-36(12-8-32)57-24-22-56(23-25-57)18-2-4-43(62)58-20-15-33(16-21-58)31-5-9-35(10-6-31)53-40-13-14-42(61)54-46(40)63/h5-12,17,26-28,30,33,40,45,53H,1-4,13-16,18-25,29H2,(H,51,55,64)(H,54,61,63)/t40-,45-/m1/s1. The molecule has 3 aromatic carbocycles. The lowest BCUT2D eigenvalue weighted by molar-refractivity contribution is -0.134. The number of piperidine rings is 2. The molecule has 0 unspecified atom stereocenters. The van der Waals surface area contributed by atoms with Gasteiger partial charge in [-0.1, -0.05) is 24.3 Å². The van der Waals surface area contributed by atoms with Crippen molar-refractivity contribution < 1.29 is 28.4 Å². The molecule has 342 valence electrons. The number of rotatable bonds is 13. The number of halogens is 1. The molecule has 5 amide bonds. The monoisotopic (exact) mass is 912 g/mol. The van der Waals surface area contributed by atoms with Crippen LogP contribution < -0.4 is 20.9 Å². The first kappa shape index (κ1) is 43.4. The first-order valence-corrected chi connectivity index (χ1v) is 24.0. The molecule has 2 aromatic heterocycles. The molecule has 0 bridgehead atoms. The number of nitrogens with one attached hydrogen (secondary N) is 3. The summed E-state index contributed by atoms with van der Waals surface area (Å²) in [5, 5.41) is 10.7. The largest absolute Gasteiger partial charge is 0.374 e. The quantitative estimate of drug-likeness (QED) is 0.120. The number of nitrogens with zero attached hydrogens (tertiary/aromatic N) is 7. The van der Waals surface area contributed by atoms with E-state index in [1.54, 1.807) is 24.0 Å². The Morgan fingerprint density at radius 2 is 1.67 bits per heavy atom. The molecule has 0 spiro atoms. The Labute approximate surface area is 386 Å². The smallest absolute Gasteiger partial charge is 0.255 e. The summed E-state index contributed by atoms with van der Waals surface area (Å²) >= 11 is 1.28. The molecule has 10 rings (SSSR count). The molecular formula is C49H53FN10O5S. The molecule has 15 nitrogen and oxygen atoms in total. The summed E-state index contributed by atoms with van der Waals surface area (Å²) in [4.78, 5) is 81.8. The van der Waals surface area contributed by atoms with Gasteiger partial charge < -0.3 is 24.6 Å². The summed E-state index contributed by atoms with van der Waals surface area (Å²) in [6.07, 6.45) is 9.00. The van der Waals surface area contributed by atoms with Crippen LogP contribution in [0.1, 0.15) is 89.8 Å². The highest BCUT2D eigenvalue weighted by Crippen LogP contribution is 2.38. The van der Waals surface area contributed by atoms with Crippen molar-refractivity contribution in [1.82, 2.24) is 34.6 Å². The minimum absolute atomic E-state index is 0.0446. The van der Waals surface area contributed by atoms with Gasteiger partial charge in [0, 0.05) is 98.4 Å². The van der Waals surface area contributed by atoms with Crippen LogP contribution in [0.2, 0.25) is 0 Å². The molecule has 5 aromatic rings. The molecule has 0 aliphatic carbocycles. The van der Waals surface area contributed by atoms with Gasteiger partial charge in [0.05, 0.1) is 18.6 Å². The summed E-state index contributed by atoms with van der Waals surface area (Å²) in [6.45, 7) is 6.61. The maximum atomic E-state index is 15.9. The van der Waals surface area contributed by atoms with Crippen LogP contribution in [-0.2, 0) is 38.7 Å². The van der Waals surface area contributed by atoms with Gasteiger partial charge in [0.1, 0.15) is 11.9 Å². The molecule has 7 heterocycles. The van der Waals surface area contributed by atoms with Crippen LogP contribution in [0.5, 0.6) is 0 Å². The third-order valence-corrected chi connectivity index (χ3v) is 14.6. The van der Waals surface area contributed by atoms with Gasteiger partial charge in [-0.3, -0.25) is 39.5 Å². The highest BCUT2D eigenvalue weighted by molar-refractivity contribution is 7.13. The molecule has 0 saturated carbocycles. The van der Waals surface area contributed by atoms with Gasteiger partial charge in [-0.2, -0.15) is 0 Å². The van der Waals surface area contributed by atoms with E-state index in [0.29, 0.717) is 41.6 Å². The maximum Gasteiger partial charge on any atom is 0.255 e. The molecule has 2 atom stereocenters. The predicted octanol–water partition coefficient (Wildman–Crippen LogP) is 5.95. The fourth-order valence-electron chi connectivity index (χ4n) is 10.2. The minimum Gasteiger partial charge on any atom is -0.374 e. The number of anilines is 3. The third kappa shape index (κ3) is 9.05.